The normalized spacial score (nSPS) is 31.8. The fraction of sp³-hybridized carbons (Fsp3) is 1.00. The van der Waals surface area contributed by atoms with Crippen molar-refractivity contribution in [2.45, 2.75) is 33.2 Å². The van der Waals surface area contributed by atoms with Crippen LogP contribution in [0.4, 0.5) is 0 Å². The smallest absolute Gasteiger partial charge is 0.0558 e. The summed E-state index contributed by atoms with van der Waals surface area (Å²) in [6.07, 6.45) is 1.30. The van der Waals surface area contributed by atoms with Gasteiger partial charge in [0.1, 0.15) is 0 Å². The molecule has 12 heavy (non-hydrogen) atoms. The quantitative estimate of drug-likeness (QED) is 0.693. The van der Waals surface area contributed by atoms with E-state index in [1.807, 2.05) is 0 Å². The van der Waals surface area contributed by atoms with Gasteiger partial charge in [-0.3, -0.25) is 4.90 Å². The van der Waals surface area contributed by atoms with E-state index >= 15 is 0 Å². The van der Waals surface area contributed by atoms with Gasteiger partial charge in [-0.25, -0.2) is 0 Å². The second kappa shape index (κ2) is 4.24. The Kier molecular flexibility index (Phi) is 3.53. The third kappa shape index (κ3) is 1.99. The first-order valence-corrected chi connectivity index (χ1v) is 5.01. The van der Waals surface area contributed by atoms with Crippen molar-refractivity contribution in [2.75, 3.05) is 19.7 Å². The van der Waals surface area contributed by atoms with Crippen LogP contribution in [-0.2, 0) is 0 Å². The summed E-state index contributed by atoms with van der Waals surface area (Å²) in [7, 11) is 0. The van der Waals surface area contributed by atoms with Crippen molar-refractivity contribution in [3.63, 3.8) is 0 Å². The van der Waals surface area contributed by atoms with Crippen molar-refractivity contribution in [3.05, 3.63) is 0 Å². The molecule has 1 aliphatic heterocycles. The number of hydrogen-bond donors (Lipinski definition) is 1. The van der Waals surface area contributed by atoms with E-state index in [2.05, 4.69) is 25.7 Å². The van der Waals surface area contributed by atoms with E-state index in [4.69, 9.17) is 5.11 Å². The van der Waals surface area contributed by atoms with Gasteiger partial charge in [0.15, 0.2) is 0 Å². The van der Waals surface area contributed by atoms with Crippen molar-refractivity contribution in [2.24, 2.45) is 11.8 Å². The highest BCUT2D eigenvalue weighted by atomic mass is 16.3. The molecule has 2 atom stereocenters. The molecule has 0 spiro atoms. The molecule has 0 aromatic heterocycles. The molecule has 1 heterocycles. The minimum Gasteiger partial charge on any atom is -0.395 e. The second-order valence-electron chi connectivity index (χ2n) is 4.20. The molecule has 1 aliphatic rings. The van der Waals surface area contributed by atoms with Crippen LogP contribution >= 0.6 is 0 Å². The molecule has 72 valence electrons. The fourth-order valence-electron chi connectivity index (χ4n) is 2.36. The Morgan fingerprint density at radius 3 is 2.58 bits per heavy atom. The predicted molar refractivity (Wildman–Crippen MR) is 51.1 cm³/mol. The maximum Gasteiger partial charge on any atom is 0.0558 e. The zero-order valence-electron chi connectivity index (χ0n) is 8.45. The summed E-state index contributed by atoms with van der Waals surface area (Å²) in [4.78, 5) is 2.39. The lowest BCUT2D eigenvalue weighted by Crippen LogP contribution is -2.33. The molecular weight excluding hydrogens is 150 g/mol. The van der Waals surface area contributed by atoms with Crippen LogP contribution in [0.2, 0.25) is 0 Å². The van der Waals surface area contributed by atoms with Crippen LogP contribution in [0.25, 0.3) is 0 Å². The lowest BCUT2D eigenvalue weighted by Gasteiger charge is -2.25. The minimum atomic E-state index is 0.301. The number of nitrogens with zero attached hydrogens (tertiary/aromatic N) is 1. The highest BCUT2D eigenvalue weighted by molar-refractivity contribution is 4.85. The number of aliphatic hydroxyl groups is 1. The van der Waals surface area contributed by atoms with Crippen LogP contribution in [0.3, 0.4) is 0 Å². The van der Waals surface area contributed by atoms with Crippen molar-refractivity contribution < 1.29 is 5.11 Å². The Labute approximate surface area is 75.6 Å². The molecule has 1 fully saturated rings. The largest absolute Gasteiger partial charge is 0.395 e. The topological polar surface area (TPSA) is 23.5 Å². The summed E-state index contributed by atoms with van der Waals surface area (Å²) in [5.41, 5.74) is 0. The first-order valence-electron chi connectivity index (χ1n) is 5.01. The van der Waals surface area contributed by atoms with Gasteiger partial charge in [-0.05, 0) is 31.7 Å². The van der Waals surface area contributed by atoms with Gasteiger partial charge in [0.05, 0.1) is 6.61 Å². The molecule has 0 radical (unpaired) electrons. The maximum absolute atomic E-state index is 8.83. The third-order valence-corrected chi connectivity index (χ3v) is 3.19. The Hall–Kier alpha value is -0.0800. The number of rotatable bonds is 3. The van der Waals surface area contributed by atoms with E-state index in [9.17, 15) is 0 Å². The molecule has 0 aromatic carbocycles. The summed E-state index contributed by atoms with van der Waals surface area (Å²) in [6, 6.07) is 0.664. The van der Waals surface area contributed by atoms with Gasteiger partial charge >= 0.3 is 0 Å². The molecule has 0 amide bonds. The summed E-state index contributed by atoms with van der Waals surface area (Å²) in [5, 5.41) is 8.83. The first-order chi connectivity index (χ1) is 5.66. The molecule has 1 rings (SSSR count). The van der Waals surface area contributed by atoms with Crippen LogP contribution in [0.1, 0.15) is 27.2 Å². The molecule has 0 aliphatic carbocycles. The fourth-order valence-corrected chi connectivity index (χ4v) is 2.36. The number of β-amino-alcohol motifs (C(OH)–C–C–N with tert-alkyl or cyclic N) is 1. The lowest BCUT2D eigenvalue weighted by molar-refractivity contribution is 0.170. The van der Waals surface area contributed by atoms with Gasteiger partial charge in [-0.15, -0.1) is 0 Å². The van der Waals surface area contributed by atoms with E-state index in [-0.39, 0.29) is 0 Å². The number of likely N-dealkylation sites (tertiary alicyclic amines) is 1. The molecule has 1 N–H and O–H groups in total. The summed E-state index contributed by atoms with van der Waals surface area (Å²) >= 11 is 0. The molecule has 2 nitrogen and oxygen atoms in total. The van der Waals surface area contributed by atoms with Crippen LogP contribution in [0, 0.1) is 11.8 Å². The third-order valence-electron chi connectivity index (χ3n) is 3.19. The summed E-state index contributed by atoms with van der Waals surface area (Å²) in [6.45, 7) is 9.20. The van der Waals surface area contributed by atoms with Gasteiger partial charge in [0.25, 0.3) is 0 Å². The van der Waals surface area contributed by atoms with E-state index < -0.39 is 0 Å². The average Bonchev–Trinajstić information content (AvgIpc) is 2.34. The Bertz CT molecular complexity index is 136. The Morgan fingerprint density at radius 1 is 1.50 bits per heavy atom. The molecule has 0 bridgehead atoms. The molecule has 0 aromatic rings. The second-order valence-corrected chi connectivity index (χ2v) is 4.20. The van der Waals surface area contributed by atoms with E-state index in [1.54, 1.807) is 0 Å². The highest BCUT2D eigenvalue weighted by Crippen LogP contribution is 2.29. The molecule has 0 saturated carbocycles. The van der Waals surface area contributed by atoms with Crippen molar-refractivity contribution in [1.82, 2.24) is 4.90 Å². The molecule has 0 unspecified atom stereocenters. The zero-order valence-corrected chi connectivity index (χ0v) is 8.45. The van der Waals surface area contributed by atoms with Crippen LogP contribution in [0.15, 0.2) is 0 Å². The van der Waals surface area contributed by atoms with E-state index in [0.717, 1.165) is 18.4 Å². The van der Waals surface area contributed by atoms with Crippen LogP contribution in [0.5, 0.6) is 0 Å². The van der Waals surface area contributed by atoms with Gasteiger partial charge in [-0.2, -0.15) is 0 Å². The van der Waals surface area contributed by atoms with E-state index in [1.165, 1.54) is 13.0 Å². The van der Waals surface area contributed by atoms with Crippen molar-refractivity contribution in [1.29, 1.82) is 0 Å². The predicted octanol–water partition coefficient (Wildman–Crippen LogP) is 1.35. The van der Waals surface area contributed by atoms with Gasteiger partial charge in [0, 0.05) is 12.6 Å². The first kappa shape index (κ1) is 10.0. The Morgan fingerprint density at radius 2 is 2.17 bits per heavy atom. The SMILES string of the molecule is CC(C)[C@H]1CCN(CCO)[C@@H]1C. The number of aliphatic hydroxyl groups excluding tert-OH is 1. The van der Waals surface area contributed by atoms with Gasteiger partial charge < -0.3 is 5.11 Å². The van der Waals surface area contributed by atoms with Crippen LogP contribution < -0.4 is 0 Å². The average molecular weight is 171 g/mol. The maximum atomic E-state index is 8.83. The minimum absolute atomic E-state index is 0.301. The zero-order chi connectivity index (χ0) is 9.14. The number of hydrogen-bond acceptors (Lipinski definition) is 2. The molecule has 2 heteroatoms. The molecular formula is C10H21NO. The lowest BCUT2D eigenvalue weighted by atomic mass is 9.90. The van der Waals surface area contributed by atoms with Crippen LogP contribution in [-0.4, -0.2) is 35.7 Å². The standard InChI is InChI=1S/C10H21NO/c1-8(2)10-4-5-11(6-7-12)9(10)3/h8-10,12H,4-7H2,1-3H3/t9-,10-/m1/s1. The van der Waals surface area contributed by atoms with Crippen molar-refractivity contribution >= 4 is 0 Å². The highest BCUT2D eigenvalue weighted by Gasteiger charge is 2.31. The summed E-state index contributed by atoms with van der Waals surface area (Å²) in [5.74, 6) is 1.61. The molecule has 1 saturated heterocycles. The van der Waals surface area contributed by atoms with Crippen molar-refractivity contribution in [3.8, 4) is 0 Å². The summed E-state index contributed by atoms with van der Waals surface area (Å²) < 4.78 is 0. The van der Waals surface area contributed by atoms with Gasteiger partial charge in [-0.1, -0.05) is 13.8 Å². The van der Waals surface area contributed by atoms with Gasteiger partial charge in [0.2, 0.25) is 0 Å². The van der Waals surface area contributed by atoms with E-state index in [0.29, 0.717) is 12.6 Å². The monoisotopic (exact) mass is 171 g/mol. The Balaban J connectivity index is 2.43.